The third kappa shape index (κ3) is 2.35. The maximum atomic E-state index is 12.5. The monoisotopic (exact) mass is 281 g/mol. The van der Waals surface area contributed by atoms with Gasteiger partial charge >= 0.3 is 0 Å². The number of amides is 1. The van der Waals surface area contributed by atoms with Gasteiger partial charge < -0.3 is 5.32 Å². The van der Waals surface area contributed by atoms with Crippen LogP contribution in [0.3, 0.4) is 0 Å². The van der Waals surface area contributed by atoms with Crippen LogP contribution in [0.2, 0.25) is 0 Å². The Hall–Kier alpha value is -2.76. The lowest BCUT2D eigenvalue weighted by molar-refractivity contribution is 0.102. The quantitative estimate of drug-likeness (QED) is 0.781. The first-order valence-electron chi connectivity index (χ1n) is 6.59. The molecular formula is C15H15N5O. The average Bonchev–Trinajstić information content (AvgIpc) is 2.74. The molecule has 21 heavy (non-hydrogen) atoms. The van der Waals surface area contributed by atoms with Crippen LogP contribution in [0.25, 0.3) is 11.0 Å². The average molecular weight is 281 g/mol. The van der Waals surface area contributed by atoms with Crippen molar-refractivity contribution in [3.8, 4) is 0 Å². The second-order valence-corrected chi connectivity index (χ2v) is 4.89. The molecule has 3 aromatic heterocycles. The lowest BCUT2D eigenvalue weighted by atomic mass is 10.1. The number of hydrogen-bond acceptors (Lipinski definition) is 4. The van der Waals surface area contributed by atoms with E-state index >= 15 is 0 Å². The van der Waals surface area contributed by atoms with Gasteiger partial charge in [-0.15, -0.1) is 0 Å². The number of fused-ring (bicyclic) bond motifs is 1. The van der Waals surface area contributed by atoms with Gasteiger partial charge in [-0.3, -0.25) is 9.48 Å². The first-order chi connectivity index (χ1) is 10.1. The number of anilines is 1. The standard InChI is InChI=1S/C15H15N5O/c1-9-8-11(13-10(2)19-20(3)14(13)17-9)15(21)18-12-6-4-5-7-16-12/h4-8H,1-3H3,(H,16,18,21). The van der Waals surface area contributed by atoms with Crippen LogP contribution >= 0.6 is 0 Å². The predicted molar refractivity (Wildman–Crippen MR) is 80.2 cm³/mol. The van der Waals surface area contributed by atoms with Crippen LogP contribution in [0.15, 0.2) is 30.5 Å². The summed E-state index contributed by atoms with van der Waals surface area (Å²) in [6.45, 7) is 3.73. The van der Waals surface area contributed by atoms with Crippen molar-refractivity contribution in [3.63, 3.8) is 0 Å². The Morgan fingerprint density at radius 2 is 2.10 bits per heavy atom. The van der Waals surface area contributed by atoms with Crippen LogP contribution in [0.5, 0.6) is 0 Å². The Morgan fingerprint density at radius 3 is 2.81 bits per heavy atom. The number of aromatic nitrogens is 4. The van der Waals surface area contributed by atoms with E-state index in [4.69, 9.17) is 0 Å². The molecule has 0 unspecified atom stereocenters. The number of rotatable bonds is 2. The summed E-state index contributed by atoms with van der Waals surface area (Å²) in [5.41, 5.74) is 2.83. The summed E-state index contributed by atoms with van der Waals surface area (Å²) in [6.07, 6.45) is 1.64. The predicted octanol–water partition coefficient (Wildman–Crippen LogP) is 2.23. The lowest BCUT2D eigenvalue weighted by Gasteiger charge is -2.07. The van der Waals surface area contributed by atoms with E-state index in [1.165, 1.54) is 0 Å². The molecule has 0 aromatic carbocycles. The topological polar surface area (TPSA) is 72.7 Å². The van der Waals surface area contributed by atoms with Crippen molar-refractivity contribution in [3.05, 3.63) is 47.4 Å². The number of carbonyl (C=O) groups is 1. The molecule has 0 saturated heterocycles. The van der Waals surface area contributed by atoms with Crippen LogP contribution in [0.1, 0.15) is 21.7 Å². The van der Waals surface area contributed by atoms with Crippen LogP contribution in [-0.4, -0.2) is 25.7 Å². The van der Waals surface area contributed by atoms with E-state index in [2.05, 4.69) is 20.4 Å². The molecule has 3 heterocycles. The zero-order valence-corrected chi connectivity index (χ0v) is 12.1. The fourth-order valence-electron chi connectivity index (χ4n) is 2.37. The summed E-state index contributed by atoms with van der Waals surface area (Å²) in [6, 6.07) is 7.15. The van der Waals surface area contributed by atoms with Gasteiger partial charge in [-0.1, -0.05) is 6.07 Å². The summed E-state index contributed by atoms with van der Waals surface area (Å²) in [5.74, 6) is 0.312. The highest BCUT2D eigenvalue weighted by molar-refractivity contribution is 6.12. The van der Waals surface area contributed by atoms with E-state index in [0.717, 1.165) is 16.8 Å². The van der Waals surface area contributed by atoms with Crippen LogP contribution in [0.4, 0.5) is 5.82 Å². The van der Waals surface area contributed by atoms with Crippen molar-refractivity contribution in [1.82, 2.24) is 19.7 Å². The highest BCUT2D eigenvalue weighted by atomic mass is 16.1. The Labute approximate surface area is 121 Å². The smallest absolute Gasteiger partial charge is 0.257 e. The molecule has 6 nitrogen and oxygen atoms in total. The second kappa shape index (κ2) is 4.97. The fourth-order valence-corrected chi connectivity index (χ4v) is 2.37. The van der Waals surface area contributed by atoms with Crippen molar-refractivity contribution < 1.29 is 4.79 Å². The summed E-state index contributed by atoms with van der Waals surface area (Å²) in [7, 11) is 1.82. The molecule has 0 atom stereocenters. The van der Waals surface area contributed by atoms with Crippen molar-refractivity contribution in [2.45, 2.75) is 13.8 Å². The van der Waals surface area contributed by atoms with Crippen molar-refractivity contribution in [2.75, 3.05) is 5.32 Å². The van der Waals surface area contributed by atoms with Crippen molar-refractivity contribution in [2.24, 2.45) is 7.05 Å². The normalized spacial score (nSPS) is 10.8. The maximum Gasteiger partial charge on any atom is 0.257 e. The lowest BCUT2D eigenvalue weighted by Crippen LogP contribution is -2.14. The van der Waals surface area contributed by atoms with Gasteiger partial charge in [0.15, 0.2) is 5.65 Å². The van der Waals surface area contributed by atoms with Gasteiger partial charge in [-0.25, -0.2) is 9.97 Å². The molecule has 1 amide bonds. The van der Waals surface area contributed by atoms with Crippen molar-refractivity contribution >= 4 is 22.8 Å². The molecule has 0 aliphatic rings. The minimum atomic E-state index is -0.208. The Balaban J connectivity index is 2.09. The molecular weight excluding hydrogens is 266 g/mol. The van der Waals surface area contributed by atoms with Crippen LogP contribution in [0, 0.1) is 13.8 Å². The van der Waals surface area contributed by atoms with Gasteiger partial charge in [0.25, 0.3) is 5.91 Å². The van der Waals surface area contributed by atoms with Crippen LogP contribution < -0.4 is 5.32 Å². The van der Waals surface area contributed by atoms with E-state index in [1.807, 2.05) is 27.0 Å². The van der Waals surface area contributed by atoms with Crippen molar-refractivity contribution in [1.29, 1.82) is 0 Å². The highest BCUT2D eigenvalue weighted by Gasteiger charge is 2.17. The molecule has 1 N–H and O–H groups in total. The zero-order valence-electron chi connectivity index (χ0n) is 12.1. The molecule has 0 aliphatic heterocycles. The Morgan fingerprint density at radius 1 is 1.29 bits per heavy atom. The number of carbonyl (C=O) groups excluding carboxylic acids is 1. The summed E-state index contributed by atoms with van der Waals surface area (Å²) >= 11 is 0. The number of aryl methyl sites for hydroxylation is 3. The molecule has 0 fully saturated rings. The molecule has 106 valence electrons. The highest BCUT2D eigenvalue weighted by Crippen LogP contribution is 2.22. The molecule has 0 aliphatic carbocycles. The summed E-state index contributed by atoms with van der Waals surface area (Å²) in [5, 5.41) is 7.91. The van der Waals surface area contributed by atoms with Gasteiger partial charge in [-0.05, 0) is 32.0 Å². The first-order valence-corrected chi connectivity index (χ1v) is 6.59. The van der Waals surface area contributed by atoms with E-state index < -0.39 is 0 Å². The number of pyridine rings is 2. The van der Waals surface area contributed by atoms with E-state index in [1.54, 1.807) is 29.1 Å². The zero-order chi connectivity index (χ0) is 15.0. The third-order valence-corrected chi connectivity index (χ3v) is 3.25. The molecule has 3 rings (SSSR count). The van der Waals surface area contributed by atoms with Gasteiger partial charge in [0, 0.05) is 18.9 Å². The third-order valence-electron chi connectivity index (χ3n) is 3.25. The minimum absolute atomic E-state index is 0.208. The molecule has 0 spiro atoms. The number of nitrogens with zero attached hydrogens (tertiary/aromatic N) is 4. The molecule has 3 aromatic rings. The van der Waals surface area contributed by atoms with Gasteiger partial charge in [-0.2, -0.15) is 5.10 Å². The fraction of sp³-hybridized carbons (Fsp3) is 0.200. The molecule has 6 heteroatoms. The van der Waals surface area contributed by atoms with E-state index in [-0.39, 0.29) is 5.91 Å². The first kappa shape index (κ1) is 13.2. The van der Waals surface area contributed by atoms with E-state index in [0.29, 0.717) is 17.0 Å². The molecule has 0 radical (unpaired) electrons. The van der Waals surface area contributed by atoms with E-state index in [9.17, 15) is 4.79 Å². The molecule has 0 saturated carbocycles. The number of hydrogen-bond donors (Lipinski definition) is 1. The summed E-state index contributed by atoms with van der Waals surface area (Å²) < 4.78 is 1.69. The largest absolute Gasteiger partial charge is 0.307 e. The number of nitrogens with one attached hydrogen (secondary N) is 1. The Bertz CT molecular complexity index is 823. The van der Waals surface area contributed by atoms with Gasteiger partial charge in [0.1, 0.15) is 5.82 Å². The van der Waals surface area contributed by atoms with Crippen LogP contribution in [-0.2, 0) is 7.05 Å². The summed E-state index contributed by atoms with van der Waals surface area (Å²) in [4.78, 5) is 21.1. The second-order valence-electron chi connectivity index (χ2n) is 4.89. The molecule has 0 bridgehead atoms. The maximum absolute atomic E-state index is 12.5. The SMILES string of the molecule is Cc1cc(C(=O)Nc2ccccn2)c2c(C)nn(C)c2n1. The van der Waals surface area contributed by atoms with Gasteiger partial charge in [0.2, 0.25) is 0 Å². The Kier molecular flexibility index (Phi) is 3.13. The minimum Gasteiger partial charge on any atom is -0.307 e. The van der Waals surface area contributed by atoms with Gasteiger partial charge in [0.05, 0.1) is 16.6 Å².